The highest BCUT2D eigenvalue weighted by Crippen LogP contribution is 2.34. The molecule has 0 fully saturated rings. The van der Waals surface area contributed by atoms with Crippen LogP contribution >= 0.6 is 15.9 Å². The summed E-state index contributed by atoms with van der Waals surface area (Å²) in [5.41, 5.74) is -4.02. The molecule has 3 rings (SSSR count). The molecule has 0 radical (unpaired) electrons. The monoisotopic (exact) mass is 493 g/mol. The van der Waals surface area contributed by atoms with Crippen LogP contribution in [0, 0.1) is 10.1 Å². The van der Waals surface area contributed by atoms with Crippen LogP contribution in [0.2, 0.25) is 0 Å². The van der Waals surface area contributed by atoms with Crippen molar-refractivity contribution in [2.45, 2.75) is 31.5 Å². The average molecular weight is 494 g/mol. The summed E-state index contributed by atoms with van der Waals surface area (Å²) >= 11 is 3.00. The molecule has 30 heavy (non-hydrogen) atoms. The molecule has 1 N–H and O–H groups in total. The van der Waals surface area contributed by atoms with Crippen molar-refractivity contribution in [1.29, 1.82) is 0 Å². The van der Waals surface area contributed by atoms with Gasteiger partial charge in [-0.15, -0.1) is 0 Å². The number of alkyl halides is 4. The van der Waals surface area contributed by atoms with E-state index in [-0.39, 0.29) is 21.6 Å². The number of amides is 1. The Labute approximate surface area is 173 Å². The smallest absolute Gasteiger partial charge is 0.364 e. The van der Waals surface area contributed by atoms with Crippen LogP contribution in [0.15, 0.2) is 40.0 Å². The van der Waals surface area contributed by atoms with Crippen molar-refractivity contribution in [3.8, 4) is 0 Å². The van der Waals surface area contributed by atoms with Gasteiger partial charge in [-0.3, -0.25) is 4.79 Å². The van der Waals surface area contributed by atoms with Crippen LogP contribution in [0.4, 0.5) is 23.4 Å². The van der Waals surface area contributed by atoms with Gasteiger partial charge in [-0.2, -0.15) is 14.8 Å². The molecule has 14 heteroatoms. The number of hydrazone groups is 1. The molecular weight excluding hydrogens is 482 g/mol. The first-order valence-electron chi connectivity index (χ1n) is 8.20. The molecule has 0 saturated heterocycles. The molecule has 2 aromatic rings. The van der Waals surface area contributed by atoms with Gasteiger partial charge in [-0.05, 0) is 38.5 Å². The van der Waals surface area contributed by atoms with Crippen molar-refractivity contribution < 1.29 is 32.4 Å². The Hall–Kier alpha value is -2.87. The molecule has 0 aliphatic carbocycles. The van der Waals surface area contributed by atoms with Gasteiger partial charge in [0, 0.05) is 12.0 Å². The first kappa shape index (κ1) is 21.8. The van der Waals surface area contributed by atoms with E-state index in [0.717, 1.165) is 0 Å². The summed E-state index contributed by atoms with van der Waals surface area (Å²) in [4.78, 5) is 22.8. The molecule has 0 bridgehead atoms. The average Bonchev–Trinajstić information content (AvgIpc) is 3.22. The summed E-state index contributed by atoms with van der Waals surface area (Å²) in [6.07, 6.45) is -6.60. The Morgan fingerprint density at radius 2 is 2.07 bits per heavy atom. The van der Waals surface area contributed by atoms with Crippen LogP contribution in [-0.2, 0) is 6.54 Å². The minimum Gasteiger partial charge on any atom is -0.364 e. The number of hydrogen-bond acceptors (Lipinski definition) is 6. The second-order valence-electron chi connectivity index (χ2n) is 6.32. The fourth-order valence-corrected chi connectivity index (χ4v) is 3.27. The maximum absolute atomic E-state index is 13.3. The lowest BCUT2D eigenvalue weighted by Crippen LogP contribution is -2.51. The molecule has 1 amide bonds. The number of carbonyl (C=O) groups excluding carboxylic acids is 1. The van der Waals surface area contributed by atoms with Gasteiger partial charge in [0.2, 0.25) is 5.72 Å². The molecule has 1 aromatic carbocycles. The highest BCUT2D eigenvalue weighted by molar-refractivity contribution is 9.10. The SMILES string of the molecule is O=C(c1cccc(Cn2cc(Br)c([N+](=O)[O-])n2)c1)N1N=C(C(F)F)C[C@@]1(O)C(F)F. The molecule has 1 atom stereocenters. The lowest BCUT2D eigenvalue weighted by molar-refractivity contribution is -0.390. The number of halogens is 5. The van der Waals surface area contributed by atoms with Gasteiger partial charge in [0.1, 0.15) is 10.2 Å². The minimum atomic E-state index is -3.54. The van der Waals surface area contributed by atoms with Gasteiger partial charge >= 0.3 is 5.82 Å². The standard InChI is InChI=1S/C16H12BrF4N5O4/c17-10-7-24(23-13(10)26(29)30)6-8-2-1-3-9(4-8)14(27)25-16(28,15(20)21)5-11(22-25)12(18)19/h1-4,7,12,15,28H,5-6H2/t16-/m1/s1. The van der Waals surface area contributed by atoms with Gasteiger partial charge in [0.15, 0.2) is 0 Å². The summed E-state index contributed by atoms with van der Waals surface area (Å²) in [6.45, 7) is -0.0156. The van der Waals surface area contributed by atoms with Crippen molar-refractivity contribution in [3.63, 3.8) is 0 Å². The summed E-state index contributed by atoms with van der Waals surface area (Å²) in [7, 11) is 0. The van der Waals surface area contributed by atoms with E-state index >= 15 is 0 Å². The van der Waals surface area contributed by atoms with Crippen molar-refractivity contribution >= 4 is 33.4 Å². The molecular formula is C16H12BrF4N5O4. The van der Waals surface area contributed by atoms with E-state index < -0.39 is 47.4 Å². The number of aliphatic hydroxyl groups is 1. The second-order valence-corrected chi connectivity index (χ2v) is 7.18. The fraction of sp³-hybridized carbons (Fsp3) is 0.312. The van der Waals surface area contributed by atoms with E-state index in [1.54, 1.807) is 0 Å². The third-order valence-corrected chi connectivity index (χ3v) is 4.78. The predicted octanol–water partition coefficient (Wildman–Crippen LogP) is 3.02. The maximum Gasteiger partial charge on any atom is 0.404 e. The molecule has 1 aliphatic heterocycles. The van der Waals surface area contributed by atoms with Gasteiger partial charge in [0.25, 0.3) is 18.8 Å². The molecule has 1 aromatic heterocycles. The number of aromatic nitrogens is 2. The van der Waals surface area contributed by atoms with E-state index in [4.69, 9.17) is 0 Å². The lowest BCUT2D eigenvalue weighted by Gasteiger charge is -2.30. The van der Waals surface area contributed by atoms with E-state index in [1.165, 1.54) is 35.1 Å². The highest BCUT2D eigenvalue weighted by Gasteiger charge is 2.53. The lowest BCUT2D eigenvalue weighted by atomic mass is 10.1. The molecule has 160 valence electrons. The predicted molar refractivity (Wildman–Crippen MR) is 97.3 cm³/mol. The van der Waals surface area contributed by atoms with Crippen LogP contribution in [0.3, 0.4) is 0 Å². The summed E-state index contributed by atoms with van der Waals surface area (Å²) in [5, 5.41) is 27.9. The van der Waals surface area contributed by atoms with Gasteiger partial charge < -0.3 is 15.2 Å². The normalized spacial score (nSPS) is 18.9. The van der Waals surface area contributed by atoms with Crippen LogP contribution < -0.4 is 0 Å². The summed E-state index contributed by atoms with van der Waals surface area (Å²) in [6, 6.07) is 5.42. The molecule has 2 heterocycles. The van der Waals surface area contributed by atoms with Crippen molar-refractivity contribution in [2.75, 3.05) is 0 Å². The van der Waals surface area contributed by atoms with Crippen LogP contribution in [0.1, 0.15) is 22.3 Å². The molecule has 0 unspecified atom stereocenters. The third kappa shape index (κ3) is 4.05. The third-order valence-electron chi connectivity index (χ3n) is 4.22. The van der Waals surface area contributed by atoms with Crippen LogP contribution in [0.25, 0.3) is 0 Å². The Balaban J connectivity index is 1.88. The maximum atomic E-state index is 13.3. The quantitative estimate of drug-likeness (QED) is 0.377. The minimum absolute atomic E-state index is 0.0156. The topological polar surface area (TPSA) is 114 Å². The zero-order valence-corrected chi connectivity index (χ0v) is 16.3. The Morgan fingerprint density at radius 1 is 1.37 bits per heavy atom. The van der Waals surface area contributed by atoms with E-state index in [0.29, 0.717) is 5.56 Å². The molecule has 0 saturated carbocycles. The molecule has 0 spiro atoms. The van der Waals surface area contributed by atoms with Gasteiger partial charge in [0.05, 0.1) is 17.8 Å². The first-order valence-corrected chi connectivity index (χ1v) is 8.99. The zero-order valence-electron chi connectivity index (χ0n) is 14.8. The Morgan fingerprint density at radius 3 is 2.63 bits per heavy atom. The van der Waals surface area contributed by atoms with Crippen molar-refractivity contribution in [2.24, 2.45) is 5.10 Å². The van der Waals surface area contributed by atoms with E-state index in [1.807, 2.05) is 0 Å². The second kappa shape index (κ2) is 8.10. The summed E-state index contributed by atoms with van der Waals surface area (Å²) in [5.74, 6) is -1.63. The number of hydrogen-bond donors (Lipinski definition) is 1. The van der Waals surface area contributed by atoms with E-state index in [9.17, 15) is 37.6 Å². The zero-order chi connectivity index (χ0) is 22.2. The Kier molecular flexibility index (Phi) is 5.90. The molecule has 9 nitrogen and oxygen atoms in total. The largest absolute Gasteiger partial charge is 0.404 e. The molecule has 1 aliphatic rings. The number of carbonyl (C=O) groups is 1. The van der Waals surface area contributed by atoms with Crippen molar-refractivity contribution in [1.82, 2.24) is 14.8 Å². The van der Waals surface area contributed by atoms with Crippen LogP contribution in [-0.4, -0.2) is 55.0 Å². The van der Waals surface area contributed by atoms with Gasteiger partial charge in [-0.25, -0.2) is 17.6 Å². The first-order chi connectivity index (χ1) is 14.0. The fourth-order valence-electron chi connectivity index (χ4n) is 2.81. The van der Waals surface area contributed by atoms with Crippen molar-refractivity contribution in [3.05, 3.63) is 56.2 Å². The number of rotatable bonds is 6. The van der Waals surface area contributed by atoms with Gasteiger partial charge in [-0.1, -0.05) is 12.1 Å². The summed E-state index contributed by atoms with van der Waals surface area (Å²) < 4.78 is 53.8. The number of benzene rings is 1. The van der Waals surface area contributed by atoms with E-state index in [2.05, 4.69) is 26.1 Å². The number of nitrogens with zero attached hydrogens (tertiary/aromatic N) is 5. The number of nitro groups is 1. The van der Waals surface area contributed by atoms with Crippen LogP contribution in [0.5, 0.6) is 0 Å². The highest BCUT2D eigenvalue weighted by atomic mass is 79.9. The Bertz CT molecular complexity index is 1030.